The number of para-hydroxylation sites is 2. The molecule has 0 radical (unpaired) electrons. The molecule has 0 fully saturated rings. The Labute approximate surface area is 172 Å². The predicted molar refractivity (Wildman–Crippen MR) is 110 cm³/mol. The zero-order valence-electron chi connectivity index (χ0n) is 15.5. The van der Waals surface area contributed by atoms with E-state index in [4.69, 9.17) is 21.1 Å². The Morgan fingerprint density at radius 3 is 2.66 bits per heavy atom. The summed E-state index contributed by atoms with van der Waals surface area (Å²) in [7, 11) is 0. The van der Waals surface area contributed by atoms with Crippen LogP contribution < -0.4 is 20.3 Å². The predicted octanol–water partition coefficient (Wildman–Crippen LogP) is 3.12. The van der Waals surface area contributed by atoms with Crippen LogP contribution in [0.4, 0.5) is 0 Å². The number of fused-ring (bicyclic) bond motifs is 1. The fourth-order valence-corrected chi connectivity index (χ4v) is 3.27. The number of carbonyl (C=O) groups excluding carboxylic acids is 1. The van der Waals surface area contributed by atoms with E-state index in [0.717, 1.165) is 5.56 Å². The molecule has 0 saturated heterocycles. The van der Waals surface area contributed by atoms with Gasteiger partial charge in [-0.15, -0.1) is 0 Å². The van der Waals surface area contributed by atoms with Crippen LogP contribution in [-0.2, 0) is 6.54 Å². The van der Waals surface area contributed by atoms with Crippen molar-refractivity contribution in [2.45, 2.75) is 12.6 Å². The average molecular weight is 411 g/mol. The summed E-state index contributed by atoms with van der Waals surface area (Å²) in [5.41, 5.74) is 0.983. The van der Waals surface area contributed by atoms with E-state index in [1.165, 1.54) is 22.9 Å². The van der Waals surface area contributed by atoms with Crippen LogP contribution in [0.1, 0.15) is 15.9 Å². The molecule has 0 bridgehead atoms. The minimum absolute atomic E-state index is 0.206. The summed E-state index contributed by atoms with van der Waals surface area (Å²) in [6, 6.07) is 17.6. The first-order valence-electron chi connectivity index (χ1n) is 9.21. The number of pyridine rings is 1. The van der Waals surface area contributed by atoms with Crippen LogP contribution in [-0.4, -0.2) is 29.7 Å². The third kappa shape index (κ3) is 4.43. The summed E-state index contributed by atoms with van der Waals surface area (Å²) in [5, 5.41) is 3.41. The van der Waals surface area contributed by atoms with Crippen molar-refractivity contribution in [2.75, 3.05) is 13.2 Å². The molecule has 6 nitrogen and oxygen atoms in total. The average Bonchev–Trinajstić information content (AvgIpc) is 2.75. The standard InChI is InChI=1S/C22H19ClN2O4/c23-18-6-2-1-5-15(18)12-25-13-16(9-10-21(25)26)22(27)24-11-17-14-28-19-7-3-4-8-20(19)29-17/h1-10,13,17H,11-12,14H2,(H,24,27). The van der Waals surface area contributed by atoms with Crippen molar-refractivity contribution in [1.82, 2.24) is 9.88 Å². The maximum absolute atomic E-state index is 12.6. The molecular formula is C22H19ClN2O4. The van der Waals surface area contributed by atoms with Crippen LogP contribution in [0.5, 0.6) is 11.5 Å². The Balaban J connectivity index is 1.42. The largest absolute Gasteiger partial charge is 0.486 e. The van der Waals surface area contributed by atoms with Gasteiger partial charge in [0.05, 0.1) is 18.7 Å². The number of hydrogen-bond acceptors (Lipinski definition) is 4. The van der Waals surface area contributed by atoms with E-state index in [-0.39, 0.29) is 30.7 Å². The number of nitrogens with one attached hydrogen (secondary N) is 1. The molecule has 2 heterocycles. The van der Waals surface area contributed by atoms with Gasteiger partial charge in [0.25, 0.3) is 11.5 Å². The minimum atomic E-state index is -0.291. The summed E-state index contributed by atoms with van der Waals surface area (Å²) in [6.07, 6.45) is 1.25. The Morgan fingerprint density at radius 1 is 1.07 bits per heavy atom. The maximum atomic E-state index is 12.6. The van der Waals surface area contributed by atoms with Crippen LogP contribution >= 0.6 is 11.6 Å². The van der Waals surface area contributed by atoms with Gasteiger partial charge < -0.3 is 19.4 Å². The molecular weight excluding hydrogens is 392 g/mol. The van der Waals surface area contributed by atoms with E-state index in [9.17, 15) is 9.59 Å². The summed E-state index contributed by atoms with van der Waals surface area (Å²) < 4.78 is 13.0. The molecule has 1 amide bonds. The van der Waals surface area contributed by atoms with E-state index in [0.29, 0.717) is 28.7 Å². The molecule has 0 aliphatic carbocycles. The fourth-order valence-electron chi connectivity index (χ4n) is 3.07. The minimum Gasteiger partial charge on any atom is -0.486 e. The first-order chi connectivity index (χ1) is 14.1. The van der Waals surface area contributed by atoms with Crippen molar-refractivity contribution in [2.24, 2.45) is 0 Å². The molecule has 0 saturated carbocycles. The van der Waals surface area contributed by atoms with E-state index in [2.05, 4.69) is 5.32 Å². The molecule has 3 aromatic rings. The van der Waals surface area contributed by atoms with Gasteiger partial charge in [0, 0.05) is 17.3 Å². The van der Waals surface area contributed by atoms with Crippen LogP contribution in [0, 0.1) is 0 Å². The summed E-state index contributed by atoms with van der Waals surface area (Å²) >= 11 is 6.18. The number of carbonyl (C=O) groups is 1. The van der Waals surface area contributed by atoms with E-state index >= 15 is 0 Å². The molecule has 1 N–H and O–H groups in total. The molecule has 148 valence electrons. The quantitative estimate of drug-likeness (QED) is 0.701. The zero-order chi connectivity index (χ0) is 20.2. The number of hydrogen-bond donors (Lipinski definition) is 1. The number of rotatable bonds is 5. The van der Waals surface area contributed by atoms with Crippen molar-refractivity contribution in [3.8, 4) is 11.5 Å². The topological polar surface area (TPSA) is 69.6 Å². The van der Waals surface area contributed by atoms with Crippen molar-refractivity contribution in [1.29, 1.82) is 0 Å². The van der Waals surface area contributed by atoms with Gasteiger partial charge in [-0.1, -0.05) is 41.9 Å². The smallest absolute Gasteiger partial charge is 0.252 e. The number of nitrogens with zero attached hydrogens (tertiary/aromatic N) is 1. The van der Waals surface area contributed by atoms with Crippen LogP contribution in [0.3, 0.4) is 0 Å². The van der Waals surface area contributed by atoms with Gasteiger partial charge in [0.15, 0.2) is 11.5 Å². The van der Waals surface area contributed by atoms with E-state index in [1.54, 1.807) is 6.07 Å². The second-order valence-electron chi connectivity index (χ2n) is 6.68. The first-order valence-corrected chi connectivity index (χ1v) is 9.58. The molecule has 1 unspecified atom stereocenters. The molecule has 7 heteroatoms. The summed E-state index contributed by atoms with van der Waals surface area (Å²) in [5.74, 6) is 1.06. The number of halogens is 1. The fraction of sp³-hybridized carbons (Fsp3) is 0.182. The van der Waals surface area contributed by atoms with Gasteiger partial charge in [-0.25, -0.2) is 0 Å². The normalized spacial score (nSPS) is 15.0. The number of aromatic nitrogens is 1. The number of benzene rings is 2. The maximum Gasteiger partial charge on any atom is 0.252 e. The lowest BCUT2D eigenvalue weighted by Crippen LogP contribution is -2.41. The van der Waals surface area contributed by atoms with E-state index < -0.39 is 0 Å². The third-order valence-electron chi connectivity index (χ3n) is 4.60. The lowest BCUT2D eigenvalue weighted by molar-refractivity contribution is 0.0789. The molecule has 4 rings (SSSR count). The molecule has 0 spiro atoms. The second kappa shape index (κ2) is 8.41. The lowest BCUT2D eigenvalue weighted by Gasteiger charge is -2.26. The Bertz CT molecular complexity index is 1100. The molecule has 29 heavy (non-hydrogen) atoms. The molecule has 1 aliphatic heterocycles. The van der Waals surface area contributed by atoms with Crippen LogP contribution in [0.2, 0.25) is 5.02 Å². The van der Waals surface area contributed by atoms with Crippen LogP contribution in [0.25, 0.3) is 0 Å². The monoisotopic (exact) mass is 410 g/mol. The SMILES string of the molecule is O=C(NCC1COc2ccccc2O1)c1ccc(=O)n(Cc2ccccc2Cl)c1. The highest BCUT2D eigenvalue weighted by Crippen LogP contribution is 2.30. The van der Waals surface area contributed by atoms with Gasteiger partial charge in [-0.3, -0.25) is 9.59 Å². The van der Waals surface area contributed by atoms with Gasteiger partial charge in [0.2, 0.25) is 0 Å². The van der Waals surface area contributed by atoms with Crippen molar-refractivity contribution >= 4 is 17.5 Å². The van der Waals surface area contributed by atoms with Crippen molar-refractivity contribution in [3.05, 3.63) is 93.4 Å². The Morgan fingerprint density at radius 2 is 1.83 bits per heavy atom. The van der Waals surface area contributed by atoms with Crippen molar-refractivity contribution < 1.29 is 14.3 Å². The molecule has 1 aromatic heterocycles. The second-order valence-corrected chi connectivity index (χ2v) is 7.09. The Hall–Kier alpha value is -3.25. The first kappa shape index (κ1) is 19.1. The van der Waals surface area contributed by atoms with Gasteiger partial charge >= 0.3 is 0 Å². The molecule has 1 aliphatic rings. The van der Waals surface area contributed by atoms with Gasteiger partial charge in [-0.2, -0.15) is 0 Å². The summed E-state index contributed by atoms with van der Waals surface area (Å²) in [6.45, 7) is 0.927. The summed E-state index contributed by atoms with van der Waals surface area (Å²) in [4.78, 5) is 24.8. The van der Waals surface area contributed by atoms with Gasteiger partial charge in [0.1, 0.15) is 12.7 Å². The highest BCUT2D eigenvalue weighted by atomic mass is 35.5. The van der Waals surface area contributed by atoms with Crippen molar-refractivity contribution in [3.63, 3.8) is 0 Å². The van der Waals surface area contributed by atoms with Gasteiger partial charge in [-0.05, 0) is 29.8 Å². The third-order valence-corrected chi connectivity index (χ3v) is 4.97. The number of ether oxygens (including phenoxy) is 2. The lowest BCUT2D eigenvalue weighted by atomic mass is 10.2. The molecule has 1 atom stereocenters. The highest BCUT2D eigenvalue weighted by Gasteiger charge is 2.21. The zero-order valence-corrected chi connectivity index (χ0v) is 16.3. The van der Waals surface area contributed by atoms with Crippen LogP contribution in [0.15, 0.2) is 71.7 Å². The number of amides is 1. The van der Waals surface area contributed by atoms with E-state index in [1.807, 2.05) is 42.5 Å². The highest BCUT2D eigenvalue weighted by molar-refractivity contribution is 6.31. The Kier molecular flexibility index (Phi) is 5.53. The molecule has 2 aromatic carbocycles.